The first kappa shape index (κ1) is 13.8. The number of hydrogen-bond acceptors (Lipinski definition) is 4. The van der Waals surface area contributed by atoms with Gasteiger partial charge in [0.1, 0.15) is 5.69 Å². The molecule has 4 rings (SSSR count). The summed E-state index contributed by atoms with van der Waals surface area (Å²) in [6, 6.07) is 7.76. The molecule has 0 atom stereocenters. The Hall–Kier alpha value is -2.79. The number of hydrogen-bond donors (Lipinski definition) is 1. The van der Waals surface area contributed by atoms with Gasteiger partial charge in [-0.15, -0.1) is 11.3 Å². The minimum atomic E-state index is -0.163. The van der Waals surface area contributed by atoms with Crippen LogP contribution < -0.4 is 5.56 Å². The predicted octanol–water partition coefficient (Wildman–Crippen LogP) is 4.15. The monoisotopic (exact) mass is 319 g/mol. The van der Waals surface area contributed by atoms with Crippen molar-refractivity contribution in [3.63, 3.8) is 0 Å². The van der Waals surface area contributed by atoms with Gasteiger partial charge in [0.25, 0.3) is 5.56 Å². The zero-order valence-corrected chi connectivity index (χ0v) is 13.3. The van der Waals surface area contributed by atoms with Crippen molar-refractivity contribution in [2.24, 2.45) is 0 Å². The summed E-state index contributed by atoms with van der Waals surface area (Å²) in [5.74, 6) is 0.491. The van der Waals surface area contributed by atoms with Crippen molar-refractivity contribution >= 4 is 38.4 Å². The molecule has 0 amide bonds. The highest BCUT2D eigenvalue weighted by atomic mass is 32.1. The van der Waals surface area contributed by atoms with Crippen molar-refractivity contribution in [3.05, 3.63) is 63.9 Å². The molecule has 0 unspecified atom stereocenters. The van der Waals surface area contributed by atoms with Gasteiger partial charge in [-0.1, -0.05) is 12.7 Å². The van der Waals surface area contributed by atoms with Crippen LogP contribution in [0.1, 0.15) is 11.1 Å². The third-order valence-corrected chi connectivity index (χ3v) is 4.71. The van der Waals surface area contributed by atoms with E-state index in [1.807, 2.05) is 36.7 Å². The quantitative estimate of drug-likeness (QED) is 0.604. The van der Waals surface area contributed by atoms with Crippen LogP contribution in [0.3, 0.4) is 0 Å². The summed E-state index contributed by atoms with van der Waals surface area (Å²) >= 11 is 1.64. The molecule has 3 heterocycles. The van der Waals surface area contributed by atoms with E-state index in [1.165, 1.54) is 0 Å². The minimum Gasteiger partial charge on any atom is -0.305 e. The molecule has 4 aromatic rings. The Kier molecular flexibility index (Phi) is 3.09. The third kappa shape index (κ3) is 2.26. The van der Waals surface area contributed by atoms with E-state index in [4.69, 9.17) is 0 Å². The molecule has 0 fully saturated rings. The first-order valence-electron chi connectivity index (χ1n) is 7.16. The van der Waals surface area contributed by atoms with E-state index < -0.39 is 0 Å². The summed E-state index contributed by atoms with van der Waals surface area (Å²) < 4.78 is 1.11. The second-order valence-corrected chi connectivity index (χ2v) is 6.33. The Balaban J connectivity index is 1.99. The van der Waals surface area contributed by atoms with Crippen LogP contribution in [0.4, 0.5) is 0 Å². The lowest BCUT2D eigenvalue weighted by molar-refractivity contribution is 1.14. The number of aromatic nitrogens is 3. The van der Waals surface area contributed by atoms with Gasteiger partial charge < -0.3 is 4.98 Å². The maximum Gasteiger partial charge on any atom is 0.259 e. The van der Waals surface area contributed by atoms with Gasteiger partial charge >= 0.3 is 0 Å². The van der Waals surface area contributed by atoms with Crippen molar-refractivity contribution in [1.82, 2.24) is 15.0 Å². The van der Waals surface area contributed by atoms with Crippen molar-refractivity contribution in [2.45, 2.75) is 6.92 Å². The van der Waals surface area contributed by atoms with Crippen LogP contribution in [0, 0.1) is 6.92 Å². The molecule has 0 spiro atoms. The number of nitrogens with zero attached hydrogens (tertiary/aromatic N) is 2. The van der Waals surface area contributed by atoms with E-state index in [-0.39, 0.29) is 5.56 Å². The van der Waals surface area contributed by atoms with Crippen LogP contribution >= 0.6 is 11.3 Å². The van der Waals surface area contributed by atoms with Crippen LogP contribution in [0.5, 0.6) is 0 Å². The summed E-state index contributed by atoms with van der Waals surface area (Å²) in [4.78, 5) is 24.3. The molecule has 112 valence electrons. The second kappa shape index (κ2) is 5.14. The number of pyridine rings is 1. The zero-order chi connectivity index (χ0) is 16.0. The van der Waals surface area contributed by atoms with Gasteiger partial charge in [0.2, 0.25) is 0 Å². The first-order valence-corrected chi connectivity index (χ1v) is 8.04. The SMILES string of the molecule is C=Cc1cc(C)c2nc(-c3cc4ccsc4cn3)[nH]c(=O)c2c1. The molecule has 1 aromatic carbocycles. The molecule has 3 aromatic heterocycles. The normalized spacial score (nSPS) is 11.2. The van der Waals surface area contributed by atoms with Crippen molar-refractivity contribution in [3.8, 4) is 11.5 Å². The molecule has 0 bridgehead atoms. The lowest BCUT2D eigenvalue weighted by atomic mass is 10.1. The highest BCUT2D eigenvalue weighted by Gasteiger charge is 2.10. The summed E-state index contributed by atoms with van der Waals surface area (Å²) in [6.07, 6.45) is 3.54. The van der Waals surface area contributed by atoms with Crippen LogP contribution in [-0.2, 0) is 0 Å². The molecule has 0 aliphatic rings. The van der Waals surface area contributed by atoms with Crippen LogP contribution in [-0.4, -0.2) is 15.0 Å². The largest absolute Gasteiger partial charge is 0.305 e. The maximum absolute atomic E-state index is 12.5. The van der Waals surface area contributed by atoms with Crippen LogP contribution in [0.25, 0.3) is 38.6 Å². The average molecular weight is 319 g/mol. The summed E-state index contributed by atoms with van der Waals surface area (Å²) in [7, 11) is 0. The fourth-order valence-corrected chi connectivity index (χ4v) is 3.42. The van der Waals surface area contributed by atoms with Crippen LogP contribution in [0.15, 0.2) is 47.2 Å². The van der Waals surface area contributed by atoms with Gasteiger partial charge in [-0.25, -0.2) is 4.98 Å². The summed E-state index contributed by atoms with van der Waals surface area (Å²) in [5, 5.41) is 3.69. The molecule has 0 saturated carbocycles. The lowest BCUT2D eigenvalue weighted by Gasteiger charge is -2.06. The van der Waals surface area contributed by atoms with Gasteiger partial charge in [-0.3, -0.25) is 9.78 Å². The first-order chi connectivity index (χ1) is 11.2. The standard InChI is InChI=1S/C18H13N3OS/c1-3-11-6-10(2)16-13(7-11)18(22)21-17(20-16)14-8-12-4-5-23-15(12)9-19-14/h3-9H,1H2,2H3,(H,20,21,22). The number of H-pyrrole nitrogens is 1. The smallest absolute Gasteiger partial charge is 0.259 e. The van der Waals surface area contributed by atoms with Gasteiger partial charge in [0, 0.05) is 6.20 Å². The van der Waals surface area contributed by atoms with Gasteiger partial charge in [0.15, 0.2) is 5.82 Å². The summed E-state index contributed by atoms with van der Waals surface area (Å²) in [6.45, 7) is 5.70. The molecule has 1 N–H and O–H groups in total. The Morgan fingerprint density at radius 1 is 1.30 bits per heavy atom. The topological polar surface area (TPSA) is 58.6 Å². The molecule has 5 heteroatoms. The average Bonchev–Trinajstić information content (AvgIpc) is 3.02. The Bertz CT molecular complexity index is 1120. The third-order valence-electron chi connectivity index (χ3n) is 3.84. The molecule has 0 aliphatic heterocycles. The number of rotatable bonds is 2. The number of nitrogens with one attached hydrogen (secondary N) is 1. The highest BCUT2D eigenvalue weighted by molar-refractivity contribution is 7.17. The lowest BCUT2D eigenvalue weighted by Crippen LogP contribution is -2.11. The molecule has 0 saturated heterocycles. The van der Waals surface area contributed by atoms with Crippen LogP contribution in [0.2, 0.25) is 0 Å². The van der Waals surface area contributed by atoms with E-state index in [1.54, 1.807) is 23.5 Å². The fourth-order valence-electron chi connectivity index (χ4n) is 2.68. The van der Waals surface area contributed by atoms with E-state index in [0.29, 0.717) is 22.4 Å². The minimum absolute atomic E-state index is 0.163. The van der Waals surface area contributed by atoms with Gasteiger partial charge in [-0.2, -0.15) is 0 Å². The van der Waals surface area contributed by atoms with Gasteiger partial charge in [0.05, 0.1) is 15.6 Å². The molecule has 0 aliphatic carbocycles. The predicted molar refractivity (Wildman–Crippen MR) is 95.8 cm³/mol. The molecular weight excluding hydrogens is 306 g/mol. The number of aromatic amines is 1. The Morgan fingerprint density at radius 2 is 2.17 bits per heavy atom. The zero-order valence-electron chi connectivity index (χ0n) is 12.5. The Morgan fingerprint density at radius 3 is 3.00 bits per heavy atom. The number of fused-ring (bicyclic) bond motifs is 2. The highest BCUT2D eigenvalue weighted by Crippen LogP contribution is 2.24. The molecule has 4 nitrogen and oxygen atoms in total. The number of thiophene rings is 1. The maximum atomic E-state index is 12.5. The molecule has 0 radical (unpaired) electrons. The molecule has 23 heavy (non-hydrogen) atoms. The number of benzene rings is 1. The van der Waals surface area contributed by atoms with E-state index in [0.717, 1.165) is 21.2 Å². The van der Waals surface area contributed by atoms with Crippen molar-refractivity contribution in [1.29, 1.82) is 0 Å². The Labute approximate surface area is 136 Å². The van der Waals surface area contributed by atoms with E-state index in [2.05, 4.69) is 21.5 Å². The number of aryl methyl sites for hydroxylation is 1. The van der Waals surface area contributed by atoms with Crippen molar-refractivity contribution in [2.75, 3.05) is 0 Å². The van der Waals surface area contributed by atoms with Crippen molar-refractivity contribution < 1.29 is 0 Å². The van der Waals surface area contributed by atoms with E-state index in [9.17, 15) is 4.79 Å². The summed E-state index contributed by atoms with van der Waals surface area (Å²) in [5.41, 5.74) is 3.06. The van der Waals surface area contributed by atoms with Gasteiger partial charge in [-0.05, 0) is 53.1 Å². The fraction of sp³-hybridized carbons (Fsp3) is 0.0556. The van der Waals surface area contributed by atoms with E-state index >= 15 is 0 Å². The second-order valence-electron chi connectivity index (χ2n) is 5.38. The molecular formula is C18H13N3OS.